The minimum atomic E-state index is 0.878. The van der Waals surface area contributed by atoms with Crippen molar-refractivity contribution in [1.29, 1.82) is 0 Å². The third-order valence-corrected chi connectivity index (χ3v) is 6.47. The molecule has 2 aliphatic carbocycles. The Bertz CT molecular complexity index is 1100. The fourth-order valence-corrected chi connectivity index (χ4v) is 5.18. The van der Waals surface area contributed by atoms with E-state index in [1.54, 1.807) is 5.57 Å². The van der Waals surface area contributed by atoms with Crippen LogP contribution >= 0.6 is 11.6 Å². The minimum Gasteiger partial charge on any atom is -0.0840 e. The Kier molecular flexibility index (Phi) is 4.17. The molecule has 0 atom stereocenters. The Labute approximate surface area is 166 Å². The van der Waals surface area contributed by atoms with E-state index in [2.05, 4.69) is 67.6 Å². The molecule has 27 heavy (non-hydrogen) atoms. The summed E-state index contributed by atoms with van der Waals surface area (Å²) in [5.74, 6) is 0. The van der Waals surface area contributed by atoms with E-state index in [0.29, 0.717) is 0 Å². The number of aryl methyl sites for hydroxylation is 2. The number of rotatable bonds is 2. The molecule has 5 rings (SSSR count). The van der Waals surface area contributed by atoms with Gasteiger partial charge >= 0.3 is 0 Å². The summed E-state index contributed by atoms with van der Waals surface area (Å²) in [7, 11) is 0. The molecule has 0 nitrogen and oxygen atoms in total. The molecule has 0 radical (unpaired) electrons. The molecule has 0 N–H and O–H groups in total. The number of halogens is 1. The zero-order chi connectivity index (χ0) is 18.4. The molecule has 0 spiro atoms. The molecule has 3 aromatic carbocycles. The van der Waals surface area contributed by atoms with Gasteiger partial charge in [-0.2, -0.15) is 0 Å². The Morgan fingerprint density at radius 1 is 0.963 bits per heavy atom. The minimum absolute atomic E-state index is 0.878. The zero-order valence-electron chi connectivity index (χ0n) is 15.7. The highest BCUT2D eigenvalue weighted by Crippen LogP contribution is 2.42. The van der Waals surface area contributed by atoms with Crippen LogP contribution in [0.1, 0.15) is 47.1 Å². The fourth-order valence-electron chi connectivity index (χ4n) is 4.85. The standard InChI is InChI=1S/C26H23Cl/c1-17-15-25(27)24(16-18-7-3-2-4-8-18)23-14-13-21-20-10-6-5-9-19(20)11-12-22(21)26(17)23/h2-4,6-8,10,13-15H,5,9,11-12,16H2,1H3. The normalized spacial score (nSPS) is 15.8. The van der Waals surface area contributed by atoms with Crippen LogP contribution in [0.5, 0.6) is 0 Å². The van der Waals surface area contributed by atoms with Crippen LogP contribution in [0.2, 0.25) is 5.02 Å². The van der Waals surface area contributed by atoms with Crippen molar-refractivity contribution >= 4 is 27.9 Å². The van der Waals surface area contributed by atoms with Crippen molar-refractivity contribution < 1.29 is 0 Å². The van der Waals surface area contributed by atoms with Crippen molar-refractivity contribution in [2.45, 2.75) is 39.0 Å². The van der Waals surface area contributed by atoms with Crippen molar-refractivity contribution in [2.24, 2.45) is 0 Å². The van der Waals surface area contributed by atoms with Crippen LogP contribution in [0.25, 0.3) is 16.3 Å². The fraction of sp³-hybridized carbons (Fsp3) is 0.231. The molecule has 0 fully saturated rings. The Hall–Kier alpha value is -2.31. The van der Waals surface area contributed by atoms with Gasteiger partial charge in [-0.1, -0.05) is 71.8 Å². The van der Waals surface area contributed by atoms with Crippen molar-refractivity contribution in [3.63, 3.8) is 0 Å². The molecule has 0 aromatic heterocycles. The first-order chi connectivity index (χ1) is 13.2. The summed E-state index contributed by atoms with van der Waals surface area (Å²) in [5, 5.41) is 3.64. The van der Waals surface area contributed by atoms with Crippen LogP contribution in [0.4, 0.5) is 0 Å². The lowest BCUT2D eigenvalue weighted by Crippen LogP contribution is -2.08. The van der Waals surface area contributed by atoms with Gasteiger partial charge in [0.15, 0.2) is 0 Å². The SMILES string of the molecule is Cc1cc(Cl)c(Cc2ccccc2)c2ccc3c(c12)CCC1=C3C=CCC1. The lowest BCUT2D eigenvalue weighted by molar-refractivity contribution is 0.831. The van der Waals surface area contributed by atoms with Gasteiger partial charge in [0.25, 0.3) is 0 Å². The highest BCUT2D eigenvalue weighted by molar-refractivity contribution is 6.32. The van der Waals surface area contributed by atoms with Crippen LogP contribution in [0.15, 0.2) is 66.3 Å². The average Bonchev–Trinajstić information content (AvgIpc) is 2.71. The molecule has 0 saturated heterocycles. The molecule has 0 amide bonds. The van der Waals surface area contributed by atoms with E-state index in [-0.39, 0.29) is 0 Å². The smallest absolute Gasteiger partial charge is 0.0450 e. The number of allylic oxidation sites excluding steroid dienone is 4. The zero-order valence-corrected chi connectivity index (χ0v) is 16.4. The summed E-state index contributed by atoms with van der Waals surface area (Å²) in [5.41, 5.74) is 9.93. The van der Waals surface area contributed by atoms with E-state index in [1.807, 2.05) is 0 Å². The maximum atomic E-state index is 6.73. The topological polar surface area (TPSA) is 0 Å². The van der Waals surface area contributed by atoms with E-state index < -0.39 is 0 Å². The third-order valence-electron chi connectivity index (χ3n) is 6.13. The van der Waals surface area contributed by atoms with Crippen molar-refractivity contribution in [3.8, 4) is 0 Å². The van der Waals surface area contributed by atoms with Gasteiger partial charge in [-0.05, 0) is 89.3 Å². The first-order valence-corrected chi connectivity index (χ1v) is 10.3. The second-order valence-electron chi connectivity index (χ2n) is 7.79. The average molecular weight is 371 g/mol. The van der Waals surface area contributed by atoms with Gasteiger partial charge < -0.3 is 0 Å². The summed E-state index contributed by atoms with van der Waals surface area (Å²) >= 11 is 6.73. The molecule has 0 bridgehead atoms. The highest BCUT2D eigenvalue weighted by Gasteiger charge is 2.22. The molecular formula is C26H23Cl. The summed E-state index contributed by atoms with van der Waals surface area (Å²) in [6.07, 6.45) is 10.3. The van der Waals surface area contributed by atoms with Gasteiger partial charge in [0, 0.05) is 5.02 Å². The number of fused-ring (bicyclic) bond motifs is 4. The second kappa shape index (κ2) is 6.69. The second-order valence-corrected chi connectivity index (χ2v) is 8.20. The maximum absolute atomic E-state index is 6.73. The van der Waals surface area contributed by atoms with Crippen LogP contribution in [0.3, 0.4) is 0 Å². The third kappa shape index (κ3) is 2.84. The molecule has 1 heteroatoms. The molecule has 0 unspecified atom stereocenters. The van der Waals surface area contributed by atoms with Crippen molar-refractivity contribution in [2.75, 3.05) is 0 Å². The highest BCUT2D eigenvalue weighted by atomic mass is 35.5. The summed E-state index contributed by atoms with van der Waals surface area (Å²) in [6, 6.07) is 17.5. The summed E-state index contributed by atoms with van der Waals surface area (Å²) in [4.78, 5) is 0. The number of hydrogen-bond donors (Lipinski definition) is 0. The molecular weight excluding hydrogens is 348 g/mol. The Balaban J connectivity index is 1.73. The van der Waals surface area contributed by atoms with Gasteiger partial charge in [-0.25, -0.2) is 0 Å². The molecule has 0 saturated carbocycles. The predicted octanol–water partition coefficient (Wildman–Crippen LogP) is 7.44. The van der Waals surface area contributed by atoms with Gasteiger partial charge in [0.2, 0.25) is 0 Å². The first-order valence-electron chi connectivity index (χ1n) is 9.89. The summed E-state index contributed by atoms with van der Waals surface area (Å²) < 4.78 is 0. The van der Waals surface area contributed by atoms with Crippen LogP contribution < -0.4 is 0 Å². The van der Waals surface area contributed by atoms with E-state index in [0.717, 1.165) is 17.9 Å². The Morgan fingerprint density at radius 3 is 2.67 bits per heavy atom. The molecule has 3 aromatic rings. The van der Waals surface area contributed by atoms with Crippen LogP contribution in [-0.2, 0) is 12.8 Å². The Morgan fingerprint density at radius 2 is 1.81 bits per heavy atom. The van der Waals surface area contributed by atoms with E-state index >= 15 is 0 Å². The van der Waals surface area contributed by atoms with Gasteiger partial charge in [0.05, 0.1) is 0 Å². The lowest BCUT2D eigenvalue weighted by Gasteiger charge is -2.27. The molecule has 2 aliphatic rings. The maximum Gasteiger partial charge on any atom is 0.0450 e. The van der Waals surface area contributed by atoms with E-state index in [9.17, 15) is 0 Å². The molecule has 0 heterocycles. The predicted molar refractivity (Wildman–Crippen MR) is 117 cm³/mol. The first kappa shape index (κ1) is 16.8. The van der Waals surface area contributed by atoms with Crippen molar-refractivity contribution in [1.82, 2.24) is 0 Å². The largest absolute Gasteiger partial charge is 0.0840 e. The monoisotopic (exact) mass is 370 g/mol. The van der Waals surface area contributed by atoms with E-state index in [1.165, 1.54) is 63.4 Å². The lowest BCUT2D eigenvalue weighted by atomic mass is 9.78. The quantitative estimate of drug-likeness (QED) is 0.439. The van der Waals surface area contributed by atoms with Crippen molar-refractivity contribution in [3.05, 3.63) is 99.1 Å². The number of benzene rings is 3. The van der Waals surface area contributed by atoms with Crippen LogP contribution in [0, 0.1) is 6.92 Å². The van der Waals surface area contributed by atoms with Gasteiger partial charge in [-0.15, -0.1) is 0 Å². The van der Waals surface area contributed by atoms with Crippen LogP contribution in [-0.4, -0.2) is 0 Å². The number of hydrogen-bond acceptors (Lipinski definition) is 0. The summed E-state index contributed by atoms with van der Waals surface area (Å²) in [6.45, 7) is 2.21. The van der Waals surface area contributed by atoms with Gasteiger partial charge in [0.1, 0.15) is 0 Å². The molecule has 0 aliphatic heterocycles. The molecule has 134 valence electrons. The van der Waals surface area contributed by atoms with E-state index in [4.69, 9.17) is 11.6 Å². The van der Waals surface area contributed by atoms with Gasteiger partial charge in [-0.3, -0.25) is 0 Å².